The van der Waals surface area contributed by atoms with Crippen molar-refractivity contribution in [1.29, 1.82) is 0 Å². The van der Waals surface area contributed by atoms with Gasteiger partial charge in [-0.15, -0.1) is 0 Å². The predicted molar refractivity (Wildman–Crippen MR) is 77.6 cm³/mol. The van der Waals surface area contributed by atoms with Gasteiger partial charge in [-0.25, -0.2) is 4.99 Å². The molecule has 1 unspecified atom stereocenters. The molecule has 2 aromatic rings. The third-order valence-corrected chi connectivity index (χ3v) is 4.51. The van der Waals surface area contributed by atoms with Crippen molar-refractivity contribution in [3.8, 4) is 0 Å². The zero-order valence-electron chi connectivity index (χ0n) is 10.9. The van der Waals surface area contributed by atoms with Gasteiger partial charge in [-0.1, -0.05) is 19.1 Å². The third-order valence-electron chi connectivity index (χ3n) is 3.15. The van der Waals surface area contributed by atoms with Gasteiger partial charge < -0.3 is 0 Å². The maximum atomic E-state index is 12.1. The molecule has 100 valence electrons. The second-order valence-corrected chi connectivity index (χ2v) is 6.03. The third kappa shape index (κ3) is 2.00. The molecule has 1 amide bonds. The van der Waals surface area contributed by atoms with E-state index in [1.165, 1.54) is 0 Å². The molecule has 1 aliphatic rings. The standard InChI is InChI=1S/C15H12N2O2S/c1-2-20(19)12-7-3-6-11-13(12)15(18)17-14(11)10-5-4-8-16-9-10/h3-9H,2H2,1H3. The average Bonchev–Trinajstić information content (AvgIpc) is 2.85. The molecular formula is C15H12N2O2S. The Bertz CT molecular complexity index is 739. The van der Waals surface area contributed by atoms with E-state index in [-0.39, 0.29) is 5.91 Å². The Morgan fingerprint density at radius 3 is 2.75 bits per heavy atom. The molecule has 20 heavy (non-hydrogen) atoms. The summed E-state index contributed by atoms with van der Waals surface area (Å²) in [5.41, 5.74) is 2.60. The van der Waals surface area contributed by atoms with Crippen LogP contribution in [-0.4, -0.2) is 26.6 Å². The summed E-state index contributed by atoms with van der Waals surface area (Å²) in [6.45, 7) is 1.83. The summed E-state index contributed by atoms with van der Waals surface area (Å²) in [4.78, 5) is 20.9. The number of fused-ring (bicyclic) bond motifs is 1. The lowest BCUT2D eigenvalue weighted by Crippen LogP contribution is -2.06. The summed E-state index contributed by atoms with van der Waals surface area (Å²) in [5.74, 6) is 0.155. The first kappa shape index (κ1) is 12.9. The minimum absolute atomic E-state index is 0.323. The molecule has 0 aliphatic carbocycles. The number of amides is 1. The number of nitrogens with zero attached hydrogens (tertiary/aromatic N) is 2. The first-order chi connectivity index (χ1) is 9.72. The van der Waals surface area contributed by atoms with Crippen LogP contribution in [0.2, 0.25) is 0 Å². The molecule has 1 aromatic carbocycles. The van der Waals surface area contributed by atoms with Crippen molar-refractivity contribution in [2.75, 3.05) is 5.75 Å². The quantitative estimate of drug-likeness (QED) is 0.868. The second-order valence-electron chi connectivity index (χ2n) is 4.32. The van der Waals surface area contributed by atoms with Crippen LogP contribution in [0.25, 0.3) is 0 Å². The average molecular weight is 284 g/mol. The van der Waals surface area contributed by atoms with E-state index in [9.17, 15) is 9.00 Å². The highest BCUT2D eigenvalue weighted by Crippen LogP contribution is 2.27. The monoisotopic (exact) mass is 284 g/mol. The van der Waals surface area contributed by atoms with Crippen molar-refractivity contribution in [2.45, 2.75) is 11.8 Å². The summed E-state index contributed by atoms with van der Waals surface area (Å²) in [6.07, 6.45) is 3.34. The fourth-order valence-electron chi connectivity index (χ4n) is 2.23. The summed E-state index contributed by atoms with van der Waals surface area (Å²) in [6, 6.07) is 9.04. The lowest BCUT2D eigenvalue weighted by Gasteiger charge is -2.06. The number of carbonyl (C=O) groups is 1. The first-order valence-electron chi connectivity index (χ1n) is 6.27. The fourth-order valence-corrected chi connectivity index (χ4v) is 3.20. The maximum absolute atomic E-state index is 12.1. The van der Waals surface area contributed by atoms with Crippen molar-refractivity contribution in [1.82, 2.24) is 4.98 Å². The van der Waals surface area contributed by atoms with Crippen LogP contribution in [0.3, 0.4) is 0 Å². The highest BCUT2D eigenvalue weighted by atomic mass is 32.2. The molecule has 4 nitrogen and oxygen atoms in total. The molecule has 1 aromatic heterocycles. The Morgan fingerprint density at radius 1 is 1.20 bits per heavy atom. The molecule has 0 fully saturated rings. The summed E-state index contributed by atoms with van der Waals surface area (Å²) in [5, 5.41) is 0. The van der Waals surface area contributed by atoms with Crippen LogP contribution in [0.5, 0.6) is 0 Å². The lowest BCUT2D eigenvalue weighted by molar-refractivity contribution is 0.100. The predicted octanol–water partition coefficient (Wildman–Crippen LogP) is 2.20. The Morgan fingerprint density at radius 2 is 2.05 bits per heavy atom. The van der Waals surface area contributed by atoms with Gasteiger partial charge in [0.05, 0.1) is 27.0 Å². The second kappa shape index (κ2) is 5.09. The van der Waals surface area contributed by atoms with Crippen molar-refractivity contribution in [2.24, 2.45) is 4.99 Å². The highest BCUT2D eigenvalue weighted by molar-refractivity contribution is 7.85. The van der Waals surface area contributed by atoms with Crippen LogP contribution < -0.4 is 0 Å². The van der Waals surface area contributed by atoms with Crippen LogP contribution in [0.1, 0.15) is 28.4 Å². The minimum atomic E-state index is -1.17. The summed E-state index contributed by atoms with van der Waals surface area (Å²) < 4.78 is 12.1. The number of aliphatic imine (C=N–C) groups is 1. The Labute approximate surface area is 119 Å². The van der Waals surface area contributed by atoms with Crippen molar-refractivity contribution < 1.29 is 9.00 Å². The number of hydrogen-bond donors (Lipinski definition) is 0. The van der Waals surface area contributed by atoms with E-state index in [1.807, 2.05) is 25.1 Å². The van der Waals surface area contributed by atoms with E-state index in [4.69, 9.17) is 0 Å². The maximum Gasteiger partial charge on any atom is 0.279 e. The smallest absolute Gasteiger partial charge is 0.267 e. The van der Waals surface area contributed by atoms with Crippen LogP contribution >= 0.6 is 0 Å². The Kier molecular flexibility index (Phi) is 3.28. The first-order valence-corrected chi connectivity index (χ1v) is 7.59. The molecule has 1 aliphatic heterocycles. The molecule has 1 atom stereocenters. The Balaban J connectivity index is 2.18. The molecular weight excluding hydrogens is 272 g/mol. The van der Waals surface area contributed by atoms with E-state index >= 15 is 0 Å². The van der Waals surface area contributed by atoms with Gasteiger partial charge >= 0.3 is 0 Å². The zero-order valence-corrected chi connectivity index (χ0v) is 11.7. The van der Waals surface area contributed by atoms with Crippen molar-refractivity contribution in [3.63, 3.8) is 0 Å². The van der Waals surface area contributed by atoms with Gasteiger partial charge in [0.15, 0.2) is 0 Å². The molecule has 0 radical (unpaired) electrons. The highest BCUT2D eigenvalue weighted by Gasteiger charge is 2.28. The van der Waals surface area contributed by atoms with E-state index in [1.54, 1.807) is 24.5 Å². The van der Waals surface area contributed by atoms with E-state index in [0.717, 1.165) is 11.1 Å². The number of rotatable bonds is 3. The number of pyridine rings is 1. The SMILES string of the molecule is CCS(=O)c1cccc2c1C(=O)N=C2c1cccnc1. The molecule has 0 N–H and O–H groups in total. The normalized spacial score (nSPS) is 14.8. The molecule has 0 saturated heterocycles. The zero-order chi connectivity index (χ0) is 14.1. The van der Waals surface area contributed by atoms with E-state index in [2.05, 4.69) is 9.98 Å². The molecule has 5 heteroatoms. The van der Waals surface area contributed by atoms with Crippen LogP contribution in [0.15, 0.2) is 52.6 Å². The van der Waals surface area contributed by atoms with Gasteiger partial charge in [-0.3, -0.25) is 14.0 Å². The van der Waals surface area contributed by atoms with Crippen LogP contribution in [0.4, 0.5) is 0 Å². The van der Waals surface area contributed by atoms with Gasteiger partial charge in [0.1, 0.15) is 0 Å². The van der Waals surface area contributed by atoms with Gasteiger partial charge in [0.25, 0.3) is 5.91 Å². The topological polar surface area (TPSA) is 59.4 Å². The van der Waals surface area contributed by atoms with Gasteiger partial charge in [0, 0.05) is 29.3 Å². The van der Waals surface area contributed by atoms with Gasteiger partial charge in [-0.2, -0.15) is 0 Å². The molecule has 2 heterocycles. The van der Waals surface area contributed by atoms with Gasteiger partial charge in [0.2, 0.25) is 0 Å². The minimum Gasteiger partial charge on any atom is -0.267 e. The van der Waals surface area contributed by atoms with Crippen LogP contribution in [0, 0.1) is 0 Å². The largest absolute Gasteiger partial charge is 0.279 e. The number of benzene rings is 1. The van der Waals surface area contributed by atoms with Crippen molar-refractivity contribution >= 4 is 22.4 Å². The lowest BCUT2D eigenvalue weighted by atomic mass is 10.0. The number of hydrogen-bond acceptors (Lipinski definition) is 3. The fraction of sp³-hybridized carbons (Fsp3) is 0.133. The molecule has 3 rings (SSSR count). The molecule has 0 bridgehead atoms. The number of carbonyl (C=O) groups excluding carboxylic acids is 1. The summed E-state index contributed by atoms with van der Waals surface area (Å²) in [7, 11) is -1.17. The summed E-state index contributed by atoms with van der Waals surface area (Å²) >= 11 is 0. The Hall–Kier alpha value is -2.14. The van der Waals surface area contributed by atoms with Crippen LogP contribution in [-0.2, 0) is 10.8 Å². The van der Waals surface area contributed by atoms with Crippen molar-refractivity contribution in [3.05, 3.63) is 59.4 Å². The molecule has 0 spiro atoms. The van der Waals surface area contributed by atoms with Gasteiger partial charge in [-0.05, 0) is 18.2 Å². The number of aromatic nitrogens is 1. The van der Waals surface area contributed by atoms with E-state index < -0.39 is 10.8 Å². The van der Waals surface area contributed by atoms with E-state index in [0.29, 0.717) is 21.9 Å². The molecule has 0 saturated carbocycles.